The number of nitrogens with zero attached hydrogens (tertiary/aromatic N) is 2. The molecular formula is C28H54N3O2S+. The van der Waals surface area contributed by atoms with Crippen LogP contribution in [0.5, 0.6) is 0 Å². The van der Waals surface area contributed by atoms with Crippen molar-refractivity contribution in [1.29, 1.82) is 5.41 Å². The van der Waals surface area contributed by atoms with Gasteiger partial charge in [0.1, 0.15) is 18.5 Å². The molecule has 1 aliphatic rings. The number of carbonyl (C=O) groups excluding carboxylic acids is 1. The number of likely N-dealkylation sites (N-methyl/N-ethyl adjacent to an activating group) is 1. The van der Waals surface area contributed by atoms with Gasteiger partial charge in [0.15, 0.2) is 0 Å². The molecule has 0 saturated carbocycles. The first kappa shape index (κ1) is 32.9. The molecule has 0 aromatic carbocycles. The van der Waals surface area contributed by atoms with E-state index in [1.165, 1.54) is 44.9 Å². The maximum absolute atomic E-state index is 9.89. The van der Waals surface area contributed by atoms with Crippen molar-refractivity contribution in [3.05, 3.63) is 11.6 Å². The van der Waals surface area contributed by atoms with Crippen LogP contribution in [0, 0.1) is 5.41 Å². The summed E-state index contributed by atoms with van der Waals surface area (Å²) in [7, 11) is 2.31. The molecule has 198 valence electrons. The fraction of sp³-hybridized carbons (Fsp3) is 0.821. The Kier molecular flexibility index (Phi) is 18.5. The number of rotatable bonds is 16. The van der Waals surface area contributed by atoms with Crippen molar-refractivity contribution in [2.75, 3.05) is 26.7 Å². The molecule has 6 heteroatoms. The van der Waals surface area contributed by atoms with Gasteiger partial charge >= 0.3 is 0 Å². The average molecular weight is 497 g/mol. The summed E-state index contributed by atoms with van der Waals surface area (Å²) < 4.78 is 10.7. The van der Waals surface area contributed by atoms with Crippen molar-refractivity contribution in [3.8, 4) is 0 Å². The quantitative estimate of drug-likeness (QED) is 0.0573. The van der Waals surface area contributed by atoms with Gasteiger partial charge in [-0.15, -0.1) is 0 Å². The summed E-state index contributed by atoms with van der Waals surface area (Å²) in [6.45, 7) is 13.9. The van der Waals surface area contributed by atoms with Gasteiger partial charge in [-0.1, -0.05) is 78.2 Å². The Morgan fingerprint density at radius 2 is 1.68 bits per heavy atom. The lowest BCUT2D eigenvalue weighted by Gasteiger charge is -2.49. The van der Waals surface area contributed by atoms with Crippen LogP contribution in [-0.2, 0) is 9.53 Å². The third kappa shape index (κ3) is 12.5. The van der Waals surface area contributed by atoms with Crippen LogP contribution in [0.4, 0.5) is 0 Å². The van der Waals surface area contributed by atoms with Crippen molar-refractivity contribution < 1.29 is 14.0 Å². The van der Waals surface area contributed by atoms with Gasteiger partial charge in [-0.2, -0.15) is 0 Å². The van der Waals surface area contributed by atoms with Crippen LogP contribution in [0.1, 0.15) is 118 Å². The molecule has 1 unspecified atom stereocenters. The fourth-order valence-electron chi connectivity index (χ4n) is 4.15. The molecule has 0 fully saturated rings. The van der Waals surface area contributed by atoms with Gasteiger partial charge in [-0.3, -0.25) is 5.41 Å². The van der Waals surface area contributed by atoms with E-state index in [9.17, 15) is 4.79 Å². The molecule has 0 spiro atoms. The topological polar surface area (TPSA) is 62.5 Å². The second-order valence-corrected chi connectivity index (χ2v) is 10.6. The summed E-state index contributed by atoms with van der Waals surface area (Å²) in [6, 6.07) is 0. The summed E-state index contributed by atoms with van der Waals surface area (Å²) in [6.07, 6.45) is 18.3. The van der Waals surface area contributed by atoms with Crippen molar-refractivity contribution in [3.63, 3.8) is 0 Å². The van der Waals surface area contributed by atoms with Crippen LogP contribution >= 0.6 is 12.8 Å². The van der Waals surface area contributed by atoms with Crippen molar-refractivity contribution in [2.45, 2.75) is 124 Å². The normalized spacial score (nSPS) is 18.6. The number of unbranched alkanes of at least 4 members (excludes halogenated alkanes) is 9. The lowest BCUT2D eigenvalue weighted by molar-refractivity contribution is -0.952. The van der Waals surface area contributed by atoms with Crippen LogP contribution in [0.3, 0.4) is 0 Å². The van der Waals surface area contributed by atoms with E-state index in [-0.39, 0.29) is 11.4 Å². The highest BCUT2D eigenvalue weighted by atomic mass is 32.1. The van der Waals surface area contributed by atoms with Crippen LogP contribution in [-0.4, -0.2) is 54.7 Å². The van der Waals surface area contributed by atoms with E-state index in [1.807, 2.05) is 0 Å². The van der Waals surface area contributed by atoms with E-state index in [4.69, 9.17) is 10.1 Å². The van der Waals surface area contributed by atoms with Gasteiger partial charge in [0.2, 0.25) is 5.90 Å². The summed E-state index contributed by atoms with van der Waals surface area (Å²) in [5.74, 6) is 0.163. The smallest absolute Gasteiger partial charge is 0.233 e. The van der Waals surface area contributed by atoms with Crippen molar-refractivity contribution in [2.24, 2.45) is 4.40 Å². The van der Waals surface area contributed by atoms with E-state index in [0.717, 1.165) is 68.0 Å². The van der Waals surface area contributed by atoms with Crippen LogP contribution < -0.4 is 0 Å². The number of ether oxygens (including phenoxy) is 1. The predicted octanol–water partition coefficient (Wildman–Crippen LogP) is 7.75. The van der Waals surface area contributed by atoms with Gasteiger partial charge < -0.3 is 14.0 Å². The third-order valence-electron chi connectivity index (χ3n) is 7.40. The summed E-state index contributed by atoms with van der Waals surface area (Å²) in [5.41, 5.74) is 1.90. The summed E-state index contributed by atoms with van der Waals surface area (Å²) >= 11 is 4.12. The molecule has 0 aromatic rings. The Balaban J connectivity index is 0.000000916. The zero-order valence-corrected chi connectivity index (χ0v) is 24.0. The first-order chi connectivity index (χ1) is 16.2. The first-order valence-electron chi connectivity index (χ1n) is 13.6. The predicted molar refractivity (Wildman–Crippen MR) is 151 cm³/mol. The van der Waals surface area contributed by atoms with E-state index < -0.39 is 0 Å². The number of aldehydes is 1. The second-order valence-electron chi connectivity index (χ2n) is 10.4. The SMILES string of the molecule is CCCCCCCCC=O.CCCCCCOC(=N)/C(=N\S)C1=CCC[N+](C)(C(C)(C)CC)C1. The van der Waals surface area contributed by atoms with Gasteiger partial charge in [0.25, 0.3) is 0 Å². The van der Waals surface area contributed by atoms with Gasteiger partial charge in [0.05, 0.1) is 25.7 Å². The van der Waals surface area contributed by atoms with Crippen LogP contribution in [0.15, 0.2) is 16.0 Å². The molecular weight excluding hydrogens is 442 g/mol. The lowest BCUT2D eigenvalue weighted by atomic mass is 9.91. The highest BCUT2D eigenvalue weighted by molar-refractivity contribution is 7.79. The molecule has 1 rings (SSSR count). The van der Waals surface area contributed by atoms with Crippen LogP contribution in [0.25, 0.3) is 0 Å². The number of quaternary nitrogens is 1. The number of thiol groups is 1. The molecule has 1 heterocycles. The number of hydrogen-bond acceptors (Lipinski definition) is 5. The molecule has 1 atom stereocenters. The zero-order valence-electron chi connectivity index (χ0n) is 23.1. The minimum absolute atomic E-state index is 0.163. The molecule has 0 bridgehead atoms. The van der Waals surface area contributed by atoms with E-state index >= 15 is 0 Å². The Labute approximate surface area is 216 Å². The lowest BCUT2D eigenvalue weighted by Crippen LogP contribution is -2.61. The number of nitrogens with one attached hydrogen (secondary N) is 1. The Hall–Kier alpha value is -1.14. The van der Waals surface area contributed by atoms with E-state index in [1.54, 1.807) is 0 Å². The summed E-state index contributed by atoms with van der Waals surface area (Å²) in [4.78, 5) is 9.89. The monoisotopic (exact) mass is 496 g/mol. The van der Waals surface area contributed by atoms with Gasteiger partial charge in [0, 0.05) is 18.4 Å². The molecule has 0 radical (unpaired) electrons. The highest BCUT2D eigenvalue weighted by Gasteiger charge is 2.41. The Morgan fingerprint density at radius 3 is 2.24 bits per heavy atom. The molecule has 0 amide bonds. The van der Waals surface area contributed by atoms with E-state index in [2.05, 4.69) is 65.0 Å². The maximum Gasteiger partial charge on any atom is 0.233 e. The number of hydrogen-bond donors (Lipinski definition) is 2. The average Bonchev–Trinajstić information content (AvgIpc) is 2.82. The molecule has 34 heavy (non-hydrogen) atoms. The Bertz CT molecular complexity index is 631. The van der Waals surface area contributed by atoms with Gasteiger partial charge in [-0.05, 0) is 45.9 Å². The van der Waals surface area contributed by atoms with Crippen molar-refractivity contribution in [1.82, 2.24) is 0 Å². The molecule has 1 N–H and O–H groups in total. The molecule has 0 aromatic heterocycles. The highest BCUT2D eigenvalue weighted by Crippen LogP contribution is 2.31. The summed E-state index contributed by atoms with van der Waals surface area (Å²) in [5, 5.41) is 8.24. The molecule has 1 aliphatic heterocycles. The molecule has 5 nitrogen and oxygen atoms in total. The van der Waals surface area contributed by atoms with E-state index in [0.29, 0.717) is 12.3 Å². The fourth-order valence-corrected chi connectivity index (χ4v) is 4.37. The standard InChI is InChI=1S/C19H35N3OS.C9H18O/c1-6-8-9-10-14-23-18(20)17(21-24)16-12-11-13-22(5,15-16)19(3,4)7-2;1-2-3-4-5-6-7-8-9-10/h12,20H,6-11,13-15H2,1-5H3;9H,2-8H2,1H3/p+1/b20-18?,21-17-;. The number of carbonyl (C=O) groups is 1. The zero-order chi connectivity index (χ0) is 25.9. The second kappa shape index (κ2) is 19.1. The third-order valence-corrected chi connectivity index (χ3v) is 7.60. The molecule has 0 aliphatic carbocycles. The largest absolute Gasteiger partial charge is 0.477 e. The molecule has 0 saturated heterocycles. The maximum atomic E-state index is 9.89. The van der Waals surface area contributed by atoms with Crippen molar-refractivity contribution >= 4 is 30.7 Å². The van der Waals surface area contributed by atoms with Gasteiger partial charge in [-0.25, -0.2) is 4.40 Å². The first-order valence-corrected chi connectivity index (χ1v) is 14.0. The Morgan fingerprint density at radius 1 is 1.09 bits per heavy atom. The minimum Gasteiger partial charge on any atom is -0.477 e. The van der Waals surface area contributed by atoms with Crippen LogP contribution in [0.2, 0.25) is 0 Å². The minimum atomic E-state index is 0.163.